The van der Waals surface area contributed by atoms with E-state index in [1.54, 1.807) is 29.2 Å². The van der Waals surface area contributed by atoms with Crippen LogP contribution in [0, 0.1) is 0 Å². The Kier molecular flexibility index (Phi) is 4.83. The summed E-state index contributed by atoms with van der Waals surface area (Å²) in [5.41, 5.74) is 0.853. The Morgan fingerprint density at radius 3 is 2.75 bits per heavy atom. The zero-order chi connectivity index (χ0) is 14.4. The third-order valence-electron chi connectivity index (χ3n) is 2.73. The average Bonchev–Trinajstić information content (AvgIpc) is 2.94. The molecule has 2 aromatic heterocycles. The van der Waals surface area contributed by atoms with Crippen LogP contribution in [0.1, 0.15) is 5.56 Å². The van der Waals surface area contributed by atoms with Gasteiger partial charge in [0.25, 0.3) is 0 Å². The largest absolute Gasteiger partial charge is 0.318 e. The van der Waals surface area contributed by atoms with Gasteiger partial charge in [-0.15, -0.1) is 0 Å². The van der Waals surface area contributed by atoms with Crippen molar-refractivity contribution < 1.29 is 8.42 Å². The predicted molar refractivity (Wildman–Crippen MR) is 74.4 cm³/mol. The molecule has 0 atom stereocenters. The summed E-state index contributed by atoms with van der Waals surface area (Å²) in [6.07, 6.45) is 6.12. The Hall–Kier alpha value is -1.77. The fourth-order valence-electron chi connectivity index (χ4n) is 1.59. The number of rotatable bonds is 7. The first-order chi connectivity index (χ1) is 9.62. The van der Waals surface area contributed by atoms with Crippen molar-refractivity contribution >= 4 is 10.0 Å². The quantitative estimate of drug-likeness (QED) is 0.749. The van der Waals surface area contributed by atoms with Gasteiger partial charge in [0.15, 0.2) is 0 Å². The van der Waals surface area contributed by atoms with Gasteiger partial charge < -0.3 is 5.32 Å². The number of hydrogen-bond donors (Lipinski definition) is 2. The van der Waals surface area contributed by atoms with Crippen LogP contribution in [0.4, 0.5) is 0 Å². The summed E-state index contributed by atoms with van der Waals surface area (Å²) in [5, 5.41) is 7.00. The second-order valence-electron chi connectivity index (χ2n) is 4.22. The topological polar surface area (TPSA) is 88.9 Å². The van der Waals surface area contributed by atoms with Crippen LogP contribution < -0.4 is 10.0 Å². The van der Waals surface area contributed by atoms with Crippen LogP contribution in [0.25, 0.3) is 0 Å². The zero-order valence-electron chi connectivity index (χ0n) is 11.2. The highest BCUT2D eigenvalue weighted by atomic mass is 32.2. The summed E-state index contributed by atoms with van der Waals surface area (Å²) in [6.45, 7) is 1.58. The highest BCUT2D eigenvalue weighted by molar-refractivity contribution is 7.89. The van der Waals surface area contributed by atoms with E-state index in [0.717, 1.165) is 12.1 Å². The van der Waals surface area contributed by atoms with Gasteiger partial charge in [0.1, 0.15) is 4.90 Å². The van der Waals surface area contributed by atoms with Gasteiger partial charge in [0.2, 0.25) is 10.0 Å². The highest BCUT2D eigenvalue weighted by Crippen LogP contribution is 2.08. The van der Waals surface area contributed by atoms with E-state index >= 15 is 0 Å². The number of pyridine rings is 1. The molecular weight excluding hydrogens is 278 g/mol. The molecule has 0 amide bonds. The summed E-state index contributed by atoms with van der Waals surface area (Å²) >= 11 is 0. The highest BCUT2D eigenvalue weighted by Gasteiger charge is 2.15. The van der Waals surface area contributed by atoms with E-state index in [1.165, 1.54) is 12.4 Å². The van der Waals surface area contributed by atoms with E-state index in [0.29, 0.717) is 6.54 Å². The molecule has 0 aromatic carbocycles. The van der Waals surface area contributed by atoms with E-state index in [9.17, 15) is 8.42 Å². The van der Waals surface area contributed by atoms with Crippen molar-refractivity contribution in [2.75, 3.05) is 13.6 Å². The maximum atomic E-state index is 12.1. The number of aromatic nitrogens is 3. The summed E-state index contributed by atoms with van der Waals surface area (Å²) in [7, 11) is -1.71. The van der Waals surface area contributed by atoms with Crippen molar-refractivity contribution in [1.29, 1.82) is 0 Å². The lowest BCUT2D eigenvalue weighted by Gasteiger charge is -2.04. The van der Waals surface area contributed by atoms with Crippen molar-refractivity contribution in [3.8, 4) is 0 Å². The Labute approximate surface area is 118 Å². The second-order valence-corrected chi connectivity index (χ2v) is 5.99. The molecule has 0 radical (unpaired) electrons. The molecule has 2 N–H and O–H groups in total. The Balaban J connectivity index is 2.01. The smallest absolute Gasteiger partial charge is 0.243 e. The zero-order valence-corrected chi connectivity index (χ0v) is 12.0. The summed E-state index contributed by atoms with van der Waals surface area (Å²) in [6, 6.07) is 3.53. The summed E-state index contributed by atoms with van der Waals surface area (Å²) < 4.78 is 28.3. The molecule has 0 aliphatic rings. The van der Waals surface area contributed by atoms with E-state index < -0.39 is 10.0 Å². The molecule has 0 saturated heterocycles. The van der Waals surface area contributed by atoms with Crippen LogP contribution in [0.5, 0.6) is 0 Å². The lowest BCUT2D eigenvalue weighted by molar-refractivity contribution is 0.576. The van der Waals surface area contributed by atoms with Crippen LogP contribution >= 0.6 is 0 Å². The van der Waals surface area contributed by atoms with Gasteiger partial charge in [0.05, 0.1) is 12.7 Å². The van der Waals surface area contributed by atoms with Crippen LogP contribution in [-0.2, 0) is 23.1 Å². The van der Waals surface area contributed by atoms with Crippen molar-refractivity contribution in [1.82, 2.24) is 24.8 Å². The summed E-state index contributed by atoms with van der Waals surface area (Å²) in [5.74, 6) is 0. The fraction of sp³-hybridized carbons (Fsp3) is 0.333. The maximum absolute atomic E-state index is 12.1. The fourth-order valence-corrected chi connectivity index (χ4v) is 2.56. The number of likely N-dealkylation sites (N-methyl/N-ethyl adjacent to an activating group) is 1. The van der Waals surface area contributed by atoms with Crippen molar-refractivity contribution in [2.24, 2.45) is 0 Å². The van der Waals surface area contributed by atoms with Gasteiger partial charge in [-0.05, 0) is 24.7 Å². The summed E-state index contributed by atoms with van der Waals surface area (Å²) in [4.78, 5) is 4.05. The van der Waals surface area contributed by atoms with Gasteiger partial charge in [-0.25, -0.2) is 13.1 Å². The number of sulfonamides is 1. The normalized spacial score (nSPS) is 11.7. The van der Waals surface area contributed by atoms with E-state index in [2.05, 4.69) is 20.1 Å². The standard InChI is InChI=1S/C12H17N5O2S/c1-13-6-7-17-10-12(9-15-17)20(18,19)16-8-11-2-4-14-5-3-11/h2-5,9-10,13,16H,6-8H2,1H3. The molecule has 0 aliphatic heterocycles. The molecule has 2 heterocycles. The lowest BCUT2D eigenvalue weighted by atomic mass is 10.3. The molecule has 0 aliphatic carbocycles. The monoisotopic (exact) mass is 295 g/mol. The van der Waals surface area contributed by atoms with Crippen molar-refractivity contribution in [2.45, 2.75) is 18.0 Å². The third-order valence-corrected chi connectivity index (χ3v) is 4.08. The van der Waals surface area contributed by atoms with Gasteiger partial charge in [-0.1, -0.05) is 0 Å². The number of hydrogen-bond acceptors (Lipinski definition) is 5. The predicted octanol–water partition coefficient (Wildman–Crippen LogP) is -0.0240. The third kappa shape index (κ3) is 3.86. The number of nitrogens with one attached hydrogen (secondary N) is 2. The van der Waals surface area contributed by atoms with Gasteiger partial charge in [0, 0.05) is 31.7 Å². The Morgan fingerprint density at radius 2 is 2.05 bits per heavy atom. The van der Waals surface area contributed by atoms with Crippen LogP contribution in [-0.4, -0.2) is 36.8 Å². The molecule has 20 heavy (non-hydrogen) atoms. The van der Waals surface area contributed by atoms with E-state index in [4.69, 9.17) is 0 Å². The minimum absolute atomic E-state index is 0.169. The molecule has 0 saturated carbocycles. The van der Waals surface area contributed by atoms with Gasteiger partial charge >= 0.3 is 0 Å². The maximum Gasteiger partial charge on any atom is 0.243 e. The Morgan fingerprint density at radius 1 is 1.30 bits per heavy atom. The van der Waals surface area contributed by atoms with Crippen molar-refractivity contribution in [3.05, 3.63) is 42.5 Å². The molecule has 8 heteroatoms. The van der Waals surface area contributed by atoms with Crippen molar-refractivity contribution in [3.63, 3.8) is 0 Å². The Bertz CT molecular complexity index is 639. The van der Waals surface area contributed by atoms with Crippen LogP contribution in [0.15, 0.2) is 41.8 Å². The van der Waals surface area contributed by atoms with Crippen LogP contribution in [0.2, 0.25) is 0 Å². The minimum Gasteiger partial charge on any atom is -0.318 e. The molecular formula is C12H17N5O2S. The SMILES string of the molecule is CNCCn1cc(S(=O)(=O)NCc2ccncc2)cn1. The molecule has 7 nitrogen and oxygen atoms in total. The molecule has 108 valence electrons. The molecule has 0 fully saturated rings. The molecule has 0 bridgehead atoms. The first-order valence-electron chi connectivity index (χ1n) is 6.17. The molecule has 2 rings (SSSR count). The van der Waals surface area contributed by atoms with E-state index in [1.807, 2.05) is 7.05 Å². The number of nitrogens with zero attached hydrogens (tertiary/aromatic N) is 3. The first kappa shape index (κ1) is 14.6. The van der Waals surface area contributed by atoms with Gasteiger partial charge in [-0.3, -0.25) is 9.67 Å². The average molecular weight is 295 g/mol. The molecule has 0 unspecified atom stereocenters. The van der Waals surface area contributed by atoms with Crippen LogP contribution in [0.3, 0.4) is 0 Å². The molecule has 0 spiro atoms. The minimum atomic E-state index is -3.54. The van der Waals surface area contributed by atoms with Gasteiger partial charge in [-0.2, -0.15) is 5.10 Å². The van der Waals surface area contributed by atoms with E-state index in [-0.39, 0.29) is 11.4 Å². The lowest BCUT2D eigenvalue weighted by Crippen LogP contribution is -2.23. The molecule has 2 aromatic rings. The first-order valence-corrected chi connectivity index (χ1v) is 7.66. The second kappa shape index (κ2) is 6.60.